The summed E-state index contributed by atoms with van der Waals surface area (Å²) in [5.41, 5.74) is 4.64. The number of piperidine rings is 1. The minimum Gasteiger partial charge on any atom is -0.392 e. The van der Waals surface area contributed by atoms with Gasteiger partial charge in [-0.3, -0.25) is 34.3 Å². The minimum absolute atomic E-state index is 0.00490. The molecule has 5 aromatic rings. The molecular weight excluding hydrogens is 904 g/mol. The number of nitrogens with zero attached hydrogens (tertiary/aromatic N) is 7. The van der Waals surface area contributed by atoms with E-state index in [0.29, 0.717) is 65.6 Å². The van der Waals surface area contributed by atoms with Gasteiger partial charge in [-0.1, -0.05) is 36.4 Å². The number of piperazine rings is 1. The van der Waals surface area contributed by atoms with E-state index in [2.05, 4.69) is 48.7 Å². The predicted octanol–water partition coefficient (Wildman–Crippen LogP) is 5.72. The van der Waals surface area contributed by atoms with E-state index in [1.54, 1.807) is 71.6 Å². The highest BCUT2D eigenvalue weighted by molar-refractivity contribution is 7.90. The average Bonchev–Trinajstić information content (AvgIpc) is 3.84. The monoisotopic (exact) mass is 954 g/mol. The van der Waals surface area contributed by atoms with Crippen molar-refractivity contribution in [3.63, 3.8) is 0 Å². The number of carbonyl (C=O) groups is 4. The lowest BCUT2D eigenvalue weighted by atomic mass is 9.96. The highest BCUT2D eigenvalue weighted by Gasteiger charge is 2.47. The van der Waals surface area contributed by atoms with Crippen molar-refractivity contribution in [2.24, 2.45) is 0 Å². The first kappa shape index (κ1) is 46.8. The number of nitriles is 1. The average molecular weight is 955 g/mol. The van der Waals surface area contributed by atoms with E-state index in [1.807, 2.05) is 13.0 Å². The van der Waals surface area contributed by atoms with Crippen LogP contribution in [0.3, 0.4) is 0 Å². The summed E-state index contributed by atoms with van der Waals surface area (Å²) in [7, 11) is -3.76. The fourth-order valence-electron chi connectivity index (χ4n) is 10.1. The van der Waals surface area contributed by atoms with Crippen LogP contribution >= 0.6 is 0 Å². The molecule has 4 heterocycles. The number of rotatable bonds is 13. The maximum Gasteiger partial charge on any atom is 0.264 e. The van der Waals surface area contributed by atoms with Gasteiger partial charge >= 0.3 is 0 Å². The largest absolute Gasteiger partial charge is 0.392 e. The topological polar surface area (TPSA) is 221 Å². The maximum absolute atomic E-state index is 15.9. The van der Waals surface area contributed by atoms with Crippen LogP contribution in [-0.4, -0.2) is 107 Å². The molecule has 2 saturated heterocycles. The van der Waals surface area contributed by atoms with Gasteiger partial charge in [0.05, 0.1) is 52.7 Å². The number of sulfone groups is 1. The van der Waals surface area contributed by atoms with Crippen molar-refractivity contribution in [3.8, 4) is 6.07 Å². The van der Waals surface area contributed by atoms with Gasteiger partial charge in [0, 0.05) is 67.5 Å². The SMILES string of the molecule is Cc1ccc(CO)cc1N(Cc1ccccc1C#N)c1nc(Nc2ccc(N3CCN(C4(C)CCC(Nc5cccc6c5C(=O)N(C5CCC(=O)NC5=O)C6=O)C4)CC3)c(S(C)(=O)=O)c2)ncc1F. The normalized spacial score (nSPS) is 20.7. The van der Waals surface area contributed by atoms with Crippen molar-refractivity contribution in [3.05, 3.63) is 124 Å². The van der Waals surface area contributed by atoms with Gasteiger partial charge in [0.25, 0.3) is 11.8 Å². The zero-order valence-electron chi connectivity index (χ0n) is 38.3. The third-order valence-electron chi connectivity index (χ3n) is 13.7. The third kappa shape index (κ3) is 9.22. The highest BCUT2D eigenvalue weighted by Crippen LogP contribution is 2.41. The smallest absolute Gasteiger partial charge is 0.264 e. The molecule has 356 valence electrons. The fourth-order valence-corrected chi connectivity index (χ4v) is 11.0. The second-order valence-corrected chi connectivity index (χ2v) is 20.3. The number of nitrogens with one attached hydrogen (secondary N) is 3. The molecule has 19 heteroatoms. The van der Waals surface area contributed by atoms with E-state index in [4.69, 9.17) is 0 Å². The van der Waals surface area contributed by atoms with Gasteiger partial charge in [-0.2, -0.15) is 10.2 Å². The number of amides is 4. The van der Waals surface area contributed by atoms with Crippen LogP contribution < -0.4 is 25.8 Å². The van der Waals surface area contributed by atoms with Crippen molar-refractivity contribution in [1.82, 2.24) is 25.1 Å². The summed E-state index contributed by atoms with van der Waals surface area (Å²) in [5.74, 6) is -3.03. The molecule has 3 fully saturated rings. The number of imide groups is 2. The van der Waals surface area contributed by atoms with E-state index in [0.717, 1.165) is 42.2 Å². The van der Waals surface area contributed by atoms with E-state index < -0.39 is 45.3 Å². The van der Waals surface area contributed by atoms with Crippen LogP contribution in [0.1, 0.15) is 82.0 Å². The summed E-state index contributed by atoms with van der Waals surface area (Å²) in [5, 5.41) is 28.7. The molecular formula is C50H51FN10O7S. The molecule has 4 aliphatic rings. The van der Waals surface area contributed by atoms with Crippen LogP contribution in [0.25, 0.3) is 0 Å². The summed E-state index contributed by atoms with van der Waals surface area (Å²) >= 11 is 0. The molecule has 1 aromatic heterocycles. The number of carbonyl (C=O) groups excluding carboxylic acids is 4. The van der Waals surface area contributed by atoms with Crippen LogP contribution in [0, 0.1) is 24.1 Å². The maximum atomic E-state index is 15.9. The summed E-state index contributed by atoms with van der Waals surface area (Å²) in [6.07, 6.45) is 4.71. The molecule has 0 spiro atoms. The number of hydrogen-bond acceptors (Lipinski definition) is 15. The zero-order chi connectivity index (χ0) is 48.8. The summed E-state index contributed by atoms with van der Waals surface area (Å²) in [6.45, 7) is 6.30. The van der Waals surface area contributed by atoms with Gasteiger partial charge in [0.1, 0.15) is 6.04 Å². The fraction of sp³-hybridized carbons (Fsp3) is 0.340. The van der Waals surface area contributed by atoms with Crippen molar-refractivity contribution >= 4 is 68.0 Å². The number of hydrogen-bond donors (Lipinski definition) is 4. The Morgan fingerprint density at radius 3 is 2.51 bits per heavy atom. The number of aliphatic hydroxyl groups excluding tert-OH is 1. The summed E-state index contributed by atoms with van der Waals surface area (Å²) in [4.78, 5) is 67.5. The number of anilines is 6. The second-order valence-electron chi connectivity index (χ2n) is 18.3. The summed E-state index contributed by atoms with van der Waals surface area (Å²) in [6, 6.07) is 23.5. The van der Waals surface area contributed by atoms with Crippen LogP contribution in [0.5, 0.6) is 0 Å². The standard InChI is InChI=1S/C50H51FN10O7S/c1-30-11-12-31(29-62)23-41(30)60(28-33-8-5-4-7-32(33)26-52)45-37(51)27-53-49(57-45)55-34-13-14-39(42(24-34)69(3,67)68)58-19-21-59(22-20-58)50(2)18-17-35(25-50)54-38-10-6-9-36-44(38)48(66)61(47(36)65)40-15-16-43(63)56-46(40)64/h4-14,23-24,27,35,40,54,62H,15-22,25,28-29H2,1-3H3,(H,53,55,57)(H,56,63,64). The van der Waals surface area contributed by atoms with Crippen molar-refractivity contribution in [2.75, 3.05) is 52.9 Å². The quantitative estimate of drug-likeness (QED) is 0.104. The van der Waals surface area contributed by atoms with E-state index >= 15 is 4.39 Å². The van der Waals surface area contributed by atoms with Crippen molar-refractivity contribution in [1.29, 1.82) is 5.26 Å². The highest BCUT2D eigenvalue weighted by atomic mass is 32.2. The van der Waals surface area contributed by atoms with Gasteiger partial charge in [0.2, 0.25) is 17.8 Å². The molecule has 4 aromatic carbocycles. The Labute approximate surface area is 398 Å². The van der Waals surface area contributed by atoms with Crippen LogP contribution in [0.4, 0.5) is 38.9 Å². The lowest BCUT2D eigenvalue weighted by molar-refractivity contribution is -0.136. The van der Waals surface area contributed by atoms with Crippen LogP contribution in [-0.2, 0) is 32.6 Å². The minimum atomic E-state index is -3.76. The molecule has 1 saturated carbocycles. The zero-order valence-corrected chi connectivity index (χ0v) is 39.1. The van der Waals surface area contributed by atoms with Crippen LogP contribution in [0.2, 0.25) is 0 Å². The Balaban J connectivity index is 0.889. The first-order valence-electron chi connectivity index (χ1n) is 22.8. The molecule has 4 N–H and O–H groups in total. The van der Waals surface area contributed by atoms with E-state index in [1.165, 1.54) is 6.07 Å². The van der Waals surface area contributed by atoms with Gasteiger partial charge in [0.15, 0.2) is 21.5 Å². The molecule has 17 nitrogen and oxygen atoms in total. The Kier molecular flexibility index (Phi) is 12.7. The van der Waals surface area contributed by atoms with Gasteiger partial charge in [-0.05, 0) is 98.7 Å². The number of benzene rings is 4. The Morgan fingerprint density at radius 1 is 0.986 bits per heavy atom. The lowest BCUT2D eigenvalue weighted by Crippen LogP contribution is -2.55. The Morgan fingerprint density at radius 2 is 1.77 bits per heavy atom. The molecule has 69 heavy (non-hydrogen) atoms. The molecule has 3 atom stereocenters. The van der Waals surface area contributed by atoms with Crippen molar-refractivity contribution < 1.29 is 37.1 Å². The van der Waals surface area contributed by atoms with Crippen LogP contribution in [0.15, 0.2) is 90.0 Å². The van der Waals surface area contributed by atoms with E-state index in [9.17, 15) is 38.0 Å². The molecule has 4 amide bonds. The molecule has 0 bridgehead atoms. The van der Waals surface area contributed by atoms with Crippen molar-refractivity contribution in [2.45, 2.75) is 81.6 Å². The number of aromatic nitrogens is 2. The first-order valence-corrected chi connectivity index (χ1v) is 24.6. The predicted molar refractivity (Wildman–Crippen MR) is 255 cm³/mol. The number of halogens is 1. The molecule has 9 rings (SSSR count). The summed E-state index contributed by atoms with van der Waals surface area (Å²) < 4.78 is 42.7. The Bertz CT molecular complexity index is 3070. The third-order valence-corrected chi connectivity index (χ3v) is 14.9. The first-order chi connectivity index (χ1) is 33.0. The molecule has 3 aliphatic heterocycles. The van der Waals surface area contributed by atoms with E-state index in [-0.39, 0.29) is 65.4 Å². The second kappa shape index (κ2) is 18.7. The number of fused-ring (bicyclic) bond motifs is 1. The van der Waals surface area contributed by atoms with Gasteiger partial charge in [-0.15, -0.1) is 0 Å². The number of aliphatic hydroxyl groups is 1. The van der Waals surface area contributed by atoms with Gasteiger partial charge < -0.3 is 25.5 Å². The Hall–Kier alpha value is -7.27. The van der Waals surface area contributed by atoms with Gasteiger partial charge in [-0.25, -0.2) is 17.8 Å². The molecule has 0 radical (unpaired) electrons. The lowest BCUT2D eigenvalue weighted by Gasteiger charge is -2.45. The number of aryl methyl sites for hydroxylation is 1. The molecule has 3 unspecified atom stereocenters. The molecule has 1 aliphatic carbocycles.